The monoisotopic (exact) mass is 332 g/mol. The van der Waals surface area contributed by atoms with E-state index in [1.54, 1.807) is 0 Å². The summed E-state index contributed by atoms with van der Waals surface area (Å²) in [6, 6.07) is 8.54. The Kier molecular flexibility index (Phi) is 7.06. The molecular formula is C19H32N4O. The minimum absolute atomic E-state index is 0.0730. The molecular weight excluding hydrogens is 300 g/mol. The van der Waals surface area contributed by atoms with E-state index in [0.29, 0.717) is 12.5 Å². The van der Waals surface area contributed by atoms with E-state index in [4.69, 9.17) is 0 Å². The van der Waals surface area contributed by atoms with E-state index in [0.717, 1.165) is 32.7 Å². The van der Waals surface area contributed by atoms with Crippen LogP contribution in [0.3, 0.4) is 0 Å². The third-order valence-electron chi connectivity index (χ3n) is 4.69. The van der Waals surface area contributed by atoms with Crippen molar-refractivity contribution in [2.24, 2.45) is 0 Å². The van der Waals surface area contributed by atoms with Crippen LogP contribution >= 0.6 is 0 Å². The summed E-state index contributed by atoms with van der Waals surface area (Å²) < 4.78 is 0. The number of nitrogens with one attached hydrogen (secondary N) is 2. The third kappa shape index (κ3) is 6.13. The molecule has 1 aliphatic heterocycles. The van der Waals surface area contributed by atoms with Crippen LogP contribution in [-0.2, 0) is 0 Å². The van der Waals surface area contributed by atoms with Crippen LogP contribution in [-0.4, -0.2) is 68.2 Å². The van der Waals surface area contributed by atoms with Crippen LogP contribution in [0.5, 0.6) is 0 Å². The zero-order valence-corrected chi connectivity index (χ0v) is 15.5. The normalized spacial score (nSPS) is 18.8. The number of amides is 2. The van der Waals surface area contributed by atoms with Crippen molar-refractivity contribution >= 4 is 6.03 Å². The van der Waals surface area contributed by atoms with Gasteiger partial charge in [0.2, 0.25) is 0 Å². The van der Waals surface area contributed by atoms with Gasteiger partial charge in [-0.1, -0.05) is 36.8 Å². The molecule has 0 unspecified atom stereocenters. The lowest BCUT2D eigenvalue weighted by Crippen LogP contribution is -2.51. The van der Waals surface area contributed by atoms with Gasteiger partial charge in [0, 0.05) is 45.3 Å². The second-order valence-electron chi connectivity index (χ2n) is 7.17. The second-order valence-corrected chi connectivity index (χ2v) is 7.17. The summed E-state index contributed by atoms with van der Waals surface area (Å²) in [6.07, 6.45) is 0. The number of urea groups is 1. The van der Waals surface area contributed by atoms with Crippen molar-refractivity contribution in [3.63, 3.8) is 0 Å². The van der Waals surface area contributed by atoms with Crippen molar-refractivity contribution in [2.75, 3.05) is 46.3 Å². The first-order valence-corrected chi connectivity index (χ1v) is 8.96. The highest BCUT2D eigenvalue weighted by molar-refractivity contribution is 5.74. The van der Waals surface area contributed by atoms with Gasteiger partial charge in [0.15, 0.2) is 0 Å². The van der Waals surface area contributed by atoms with E-state index >= 15 is 0 Å². The van der Waals surface area contributed by atoms with Gasteiger partial charge in [-0.15, -0.1) is 0 Å². The SMILES string of the molecule is Cc1cccc([C@@H](C)CNC(=O)N[C@@H](C)CN2CCN(C)CC2)c1. The quantitative estimate of drug-likeness (QED) is 0.838. The molecule has 134 valence electrons. The lowest BCUT2D eigenvalue weighted by Gasteiger charge is -2.34. The fourth-order valence-electron chi connectivity index (χ4n) is 3.08. The van der Waals surface area contributed by atoms with Crippen molar-refractivity contribution in [1.82, 2.24) is 20.4 Å². The van der Waals surface area contributed by atoms with Crippen LogP contribution in [0.15, 0.2) is 24.3 Å². The predicted octanol–water partition coefficient (Wildman–Crippen LogP) is 2.03. The van der Waals surface area contributed by atoms with E-state index in [2.05, 4.69) is 72.5 Å². The van der Waals surface area contributed by atoms with Gasteiger partial charge in [-0.05, 0) is 32.4 Å². The first-order valence-electron chi connectivity index (χ1n) is 8.96. The van der Waals surface area contributed by atoms with E-state index in [1.807, 2.05) is 0 Å². The Labute approximate surface area is 146 Å². The van der Waals surface area contributed by atoms with Gasteiger partial charge >= 0.3 is 6.03 Å². The Morgan fingerprint density at radius 2 is 1.92 bits per heavy atom. The maximum atomic E-state index is 12.1. The highest BCUT2D eigenvalue weighted by Crippen LogP contribution is 2.15. The number of hydrogen-bond donors (Lipinski definition) is 2. The minimum atomic E-state index is -0.0730. The van der Waals surface area contributed by atoms with E-state index < -0.39 is 0 Å². The Balaban J connectivity index is 1.68. The number of carbonyl (C=O) groups excluding carboxylic acids is 1. The molecule has 1 aromatic rings. The molecule has 2 N–H and O–H groups in total. The molecule has 5 heteroatoms. The number of piperazine rings is 1. The molecule has 2 rings (SSSR count). The summed E-state index contributed by atoms with van der Waals surface area (Å²) in [4.78, 5) is 16.9. The summed E-state index contributed by atoms with van der Waals surface area (Å²) in [5.41, 5.74) is 2.52. The smallest absolute Gasteiger partial charge is 0.315 e. The predicted molar refractivity (Wildman–Crippen MR) is 99.5 cm³/mol. The van der Waals surface area contributed by atoms with Gasteiger partial charge in [0.25, 0.3) is 0 Å². The lowest BCUT2D eigenvalue weighted by atomic mass is 9.99. The number of rotatable bonds is 6. The average molecular weight is 332 g/mol. The molecule has 0 aliphatic carbocycles. The Morgan fingerprint density at radius 3 is 2.58 bits per heavy atom. The first kappa shape index (κ1) is 18.7. The topological polar surface area (TPSA) is 47.6 Å². The zero-order chi connectivity index (χ0) is 17.5. The molecule has 1 saturated heterocycles. The van der Waals surface area contributed by atoms with Gasteiger partial charge in [-0.3, -0.25) is 4.90 Å². The van der Waals surface area contributed by atoms with Crippen molar-refractivity contribution < 1.29 is 4.79 Å². The molecule has 24 heavy (non-hydrogen) atoms. The van der Waals surface area contributed by atoms with Gasteiger partial charge in [0.05, 0.1) is 0 Å². The molecule has 0 spiro atoms. The van der Waals surface area contributed by atoms with Crippen molar-refractivity contribution in [1.29, 1.82) is 0 Å². The maximum Gasteiger partial charge on any atom is 0.315 e. The van der Waals surface area contributed by atoms with E-state index in [1.165, 1.54) is 11.1 Å². The summed E-state index contributed by atoms with van der Waals surface area (Å²) in [6.45, 7) is 12.2. The van der Waals surface area contributed by atoms with Crippen LogP contribution in [0, 0.1) is 6.92 Å². The molecule has 2 amide bonds. The Morgan fingerprint density at radius 1 is 1.21 bits per heavy atom. The number of aryl methyl sites for hydroxylation is 1. The molecule has 1 aliphatic rings. The number of likely N-dealkylation sites (N-methyl/N-ethyl adjacent to an activating group) is 1. The molecule has 0 radical (unpaired) electrons. The van der Waals surface area contributed by atoms with E-state index in [-0.39, 0.29) is 12.1 Å². The first-order chi connectivity index (χ1) is 11.4. The molecule has 2 atom stereocenters. The van der Waals surface area contributed by atoms with Gasteiger partial charge in [-0.2, -0.15) is 0 Å². The van der Waals surface area contributed by atoms with Crippen molar-refractivity contribution in [2.45, 2.75) is 32.7 Å². The molecule has 1 heterocycles. The Bertz CT molecular complexity index is 526. The minimum Gasteiger partial charge on any atom is -0.338 e. The number of benzene rings is 1. The van der Waals surface area contributed by atoms with Crippen molar-refractivity contribution in [3.8, 4) is 0 Å². The van der Waals surface area contributed by atoms with Gasteiger partial charge in [-0.25, -0.2) is 4.79 Å². The average Bonchev–Trinajstić information content (AvgIpc) is 2.54. The fraction of sp³-hybridized carbons (Fsp3) is 0.632. The largest absolute Gasteiger partial charge is 0.338 e. The van der Waals surface area contributed by atoms with Gasteiger partial charge < -0.3 is 15.5 Å². The van der Waals surface area contributed by atoms with Crippen molar-refractivity contribution in [3.05, 3.63) is 35.4 Å². The summed E-state index contributed by atoms with van der Waals surface area (Å²) in [7, 11) is 2.15. The highest BCUT2D eigenvalue weighted by atomic mass is 16.2. The number of hydrogen-bond acceptors (Lipinski definition) is 3. The maximum absolute atomic E-state index is 12.1. The van der Waals surface area contributed by atoms with Crippen LogP contribution in [0.4, 0.5) is 4.79 Å². The van der Waals surface area contributed by atoms with Gasteiger partial charge in [0.1, 0.15) is 0 Å². The summed E-state index contributed by atoms with van der Waals surface area (Å²) in [5, 5.41) is 6.05. The zero-order valence-electron chi connectivity index (χ0n) is 15.5. The number of carbonyl (C=O) groups is 1. The van der Waals surface area contributed by atoms with Crippen LogP contribution in [0.2, 0.25) is 0 Å². The van der Waals surface area contributed by atoms with Crippen LogP contribution < -0.4 is 10.6 Å². The molecule has 0 bridgehead atoms. The third-order valence-corrected chi connectivity index (χ3v) is 4.69. The van der Waals surface area contributed by atoms with E-state index in [9.17, 15) is 4.79 Å². The molecule has 0 aromatic heterocycles. The second kappa shape index (κ2) is 9.04. The highest BCUT2D eigenvalue weighted by Gasteiger charge is 2.17. The summed E-state index contributed by atoms with van der Waals surface area (Å²) >= 11 is 0. The Hall–Kier alpha value is -1.59. The standard InChI is InChI=1S/C19H32N4O/c1-15-6-5-7-18(12-15)16(2)13-20-19(24)21-17(3)14-23-10-8-22(4)9-11-23/h5-7,12,16-17H,8-11,13-14H2,1-4H3,(H2,20,21,24)/t16-,17-/m0/s1. The fourth-order valence-corrected chi connectivity index (χ4v) is 3.08. The molecule has 0 saturated carbocycles. The molecule has 1 aromatic carbocycles. The van der Waals surface area contributed by atoms with Crippen LogP contribution in [0.1, 0.15) is 30.9 Å². The molecule has 5 nitrogen and oxygen atoms in total. The summed E-state index contributed by atoms with van der Waals surface area (Å²) in [5.74, 6) is 0.309. The molecule has 1 fully saturated rings. The van der Waals surface area contributed by atoms with Crippen LogP contribution in [0.25, 0.3) is 0 Å². The number of nitrogens with zero attached hydrogens (tertiary/aromatic N) is 2. The lowest BCUT2D eigenvalue weighted by molar-refractivity contribution is 0.144.